The quantitative estimate of drug-likeness (QED) is 0.291. The Hall–Kier alpha value is -2.83. The van der Waals surface area contributed by atoms with E-state index < -0.39 is 22.5 Å². The van der Waals surface area contributed by atoms with Gasteiger partial charge in [0.15, 0.2) is 0 Å². The van der Waals surface area contributed by atoms with Crippen LogP contribution in [0.3, 0.4) is 0 Å². The molecular formula is C28H25Cl3F2N4O4S. The Labute approximate surface area is 259 Å². The zero-order chi connectivity index (χ0) is 30.3. The van der Waals surface area contributed by atoms with Crippen molar-refractivity contribution in [2.75, 3.05) is 18.6 Å². The number of aromatic nitrogens is 1. The van der Waals surface area contributed by atoms with Gasteiger partial charge in [0.25, 0.3) is 11.5 Å². The second-order valence-corrected chi connectivity index (χ2v) is 12.2. The molecule has 5 rings (SSSR count). The number of alkyl halides is 3. The first-order chi connectivity index (χ1) is 19.9. The van der Waals surface area contributed by atoms with Crippen molar-refractivity contribution in [3.8, 4) is 5.75 Å². The Morgan fingerprint density at radius 2 is 1.86 bits per heavy atom. The highest BCUT2D eigenvalue weighted by molar-refractivity contribution is 7.99. The molecule has 2 aliphatic rings. The monoisotopic (exact) mass is 656 g/mol. The second kappa shape index (κ2) is 12.0. The van der Waals surface area contributed by atoms with Gasteiger partial charge in [0.1, 0.15) is 17.0 Å². The fraction of sp³-hybridized carbons (Fsp3) is 0.321. The van der Waals surface area contributed by atoms with E-state index in [4.69, 9.17) is 45.3 Å². The summed E-state index contributed by atoms with van der Waals surface area (Å²) in [7, 11) is 1.50. The van der Waals surface area contributed by atoms with Crippen LogP contribution in [0.15, 0.2) is 44.9 Å². The molecule has 0 unspecified atom stereocenters. The Balaban J connectivity index is 1.54. The predicted molar refractivity (Wildman–Crippen MR) is 158 cm³/mol. The first-order valence-electron chi connectivity index (χ1n) is 12.9. The molecule has 0 atom stereocenters. The van der Waals surface area contributed by atoms with Crippen LogP contribution in [0.5, 0.6) is 5.75 Å². The van der Waals surface area contributed by atoms with Gasteiger partial charge in [-0.25, -0.2) is 0 Å². The number of nitrogens with one attached hydrogen (secondary N) is 1. The highest BCUT2D eigenvalue weighted by atomic mass is 35.5. The number of amides is 2. The third kappa shape index (κ3) is 5.85. The number of ether oxygens (including phenoxy) is 1. The number of benzene rings is 2. The minimum absolute atomic E-state index is 0.00848. The van der Waals surface area contributed by atoms with Gasteiger partial charge in [-0.2, -0.15) is 8.78 Å². The van der Waals surface area contributed by atoms with E-state index in [1.807, 2.05) is 11.1 Å². The van der Waals surface area contributed by atoms with Crippen LogP contribution in [0.25, 0.3) is 0 Å². The standard InChI is InChI=1S/C28H25Cl3F2N4O4S/c1-41-19-9-16-13-36(12-15(16)8-18(19)37-7-3-2-4-22(37)38)27(40)23-20(10-21(28(31,32)33)35-26(23)39)42-25-17(29)6-5-14(11-34)24(25)30/h5-6,8-10H,2-4,7,11-13,34H2,1H3,(H,35,39). The van der Waals surface area contributed by atoms with Crippen LogP contribution in [0, 0.1) is 0 Å². The molecule has 3 aromatic rings. The molecule has 0 saturated carbocycles. The van der Waals surface area contributed by atoms with E-state index in [1.54, 1.807) is 23.1 Å². The summed E-state index contributed by atoms with van der Waals surface area (Å²) in [4.78, 5) is 45.0. The van der Waals surface area contributed by atoms with Crippen molar-refractivity contribution in [2.45, 2.75) is 54.1 Å². The van der Waals surface area contributed by atoms with Gasteiger partial charge in [0.2, 0.25) is 5.91 Å². The van der Waals surface area contributed by atoms with Crippen LogP contribution in [-0.2, 0) is 29.8 Å². The highest BCUT2D eigenvalue weighted by Crippen LogP contribution is 2.43. The second-order valence-electron chi connectivity index (χ2n) is 9.86. The smallest absolute Gasteiger partial charge is 0.362 e. The van der Waals surface area contributed by atoms with Crippen LogP contribution in [0.4, 0.5) is 14.5 Å². The van der Waals surface area contributed by atoms with Crippen LogP contribution in [0.2, 0.25) is 10.0 Å². The van der Waals surface area contributed by atoms with E-state index in [9.17, 15) is 23.2 Å². The van der Waals surface area contributed by atoms with Crippen molar-refractivity contribution >= 4 is 64.1 Å². The number of carbonyl (C=O) groups is 2. The number of piperidine rings is 1. The molecular weight excluding hydrogens is 633 g/mol. The van der Waals surface area contributed by atoms with E-state index in [1.165, 1.54) is 12.0 Å². The number of hydrogen-bond donors (Lipinski definition) is 2. The summed E-state index contributed by atoms with van der Waals surface area (Å²) in [6, 6.07) is 7.70. The summed E-state index contributed by atoms with van der Waals surface area (Å²) in [5.74, 6) is -0.216. The predicted octanol–water partition coefficient (Wildman–Crippen LogP) is 6.26. The lowest BCUT2D eigenvalue weighted by molar-refractivity contribution is -0.119. The number of nitrogens with two attached hydrogens (primary N) is 1. The number of halogens is 5. The molecule has 0 radical (unpaired) electrons. The Morgan fingerprint density at radius 3 is 2.50 bits per heavy atom. The molecule has 0 spiro atoms. The molecule has 0 aliphatic carbocycles. The number of hydrogen-bond acceptors (Lipinski definition) is 6. The number of nitrogens with zero attached hydrogens (tertiary/aromatic N) is 2. The number of fused-ring (bicyclic) bond motifs is 1. The lowest BCUT2D eigenvalue weighted by Crippen LogP contribution is -2.35. The fourth-order valence-corrected chi connectivity index (χ4v) is 6.90. The minimum Gasteiger partial charge on any atom is -0.495 e. The van der Waals surface area contributed by atoms with Gasteiger partial charge in [-0.05, 0) is 65.4 Å². The summed E-state index contributed by atoms with van der Waals surface area (Å²) >= 11 is 18.9. The van der Waals surface area contributed by atoms with Crippen molar-refractivity contribution in [2.24, 2.45) is 5.73 Å². The average molecular weight is 658 g/mol. The molecule has 2 amide bonds. The fourth-order valence-electron chi connectivity index (χ4n) is 5.06. The van der Waals surface area contributed by atoms with E-state index in [-0.39, 0.29) is 50.9 Å². The van der Waals surface area contributed by atoms with Gasteiger partial charge in [-0.15, -0.1) is 0 Å². The molecule has 3 N–H and O–H groups in total. The molecule has 1 aromatic heterocycles. The van der Waals surface area contributed by atoms with Crippen molar-refractivity contribution in [1.29, 1.82) is 0 Å². The molecule has 222 valence electrons. The largest absolute Gasteiger partial charge is 0.495 e. The number of carbonyl (C=O) groups excluding carboxylic acids is 2. The maximum Gasteiger partial charge on any atom is 0.362 e. The van der Waals surface area contributed by atoms with Crippen molar-refractivity contribution < 1.29 is 23.1 Å². The molecule has 1 saturated heterocycles. The highest BCUT2D eigenvalue weighted by Gasteiger charge is 2.35. The number of anilines is 1. The summed E-state index contributed by atoms with van der Waals surface area (Å²) in [5.41, 5.74) is 6.14. The Kier molecular flexibility index (Phi) is 8.78. The molecule has 0 bridgehead atoms. The molecule has 8 nitrogen and oxygen atoms in total. The topological polar surface area (TPSA) is 109 Å². The molecule has 2 aromatic carbocycles. The normalized spacial score (nSPS) is 15.3. The van der Waals surface area contributed by atoms with Gasteiger partial charge in [0.05, 0.1) is 22.8 Å². The number of aromatic amines is 1. The summed E-state index contributed by atoms with van der Waals surface area (Å²) in [5, 5.41) is -3.56. The number of rotatable bonds is 7. The number of pyridine rings is 1. The zero-order valence-corrected chi connectivity index (χ0v) is 25.3. The first kappa shape index (κ1) is 30.6. The molecule has 14 heteroatoms. The van der Waals surface area contributed by atoms with E-state index in [0.29, 0.717) is 30.0 Å². The van der Waals surface area contributed by atoms with E-state index in [2.05, 4.69) is 0 Å². The summed E-state index contributed by atoms with van der Waals surface area (Å²) in [6.45, 7) is 0.880. The van der Waals surface area contributed by atoms with Gasteiger partial charge in [0, 0.05) is 42.4 Å². The third-order valence-corrected chi connectivity index (χ3v) is 9.55. The lowest BCUT2D eigenvalue weighted by atomic mass is 10.0. The lowest BCUT2D eigenvalue weighted by Gasteiger charge is -2.28. The maximum atomic E-state index is 14.1. The molecule has 3 heterocycles. The van der Waals surface area contributed by atoms with Gasteiger partial charge in [-0.3, -0.25) is 14.4 Å². The van der Waals surface area contributed by atoms with Crippen molar-refractivity contribution in [3.05, 3.63) is 78.7 Å². The van der Waals surface area contributed by atoms with Crippen LogP contribution in [-0.4, -0.2) is 35.4 Å². The van der Waals surface area contributed by atoms with Crippen molar-refractivity contribution in [1.82, 2.24) is 9.88 Å². The molecule has 42 heavy (non-hydrogen) atoms. The van der Waals surface area contributed by atoms with Crippen LogP contribution >= 0.6 is 46.6 Å². The first-order valence-corrected chi connectivity index (χ1v) is 14.9. The van der Waals surface area contributed by atoms with Gasteiger partial charge < -0.3 is 25.3 Å². The minimum atomic E-state index is -3.91. The van der Waals surface area contributed by atoms with Crippen molar-refractivity contribution in [3.63, 3.8) is 0 Å². The van der Waals surface area contributed by atoms with Crippen LogP contribution in [0.1, 0.15) is 52.0 Å². The number of H-pyrrole nitrogens is 1. The Bertz CT molecular complexity index is 1650. The van der Waals surface area contributed by atoms with Gasteiger partial charge in [-0.1, -0.05) is 41.0 Å². The van der Waals surface area contributed by atoms with Crippen LogP contribution < -0.4 is 20.9 Å². The number of methoxy groups -OCH3 is 1. The molecule has 2 aliphatic heterocycles. The third-order valence-electron chi connectivity index (χ3n) is 7.20. The average Bonchev–Trinajstić information content (AvgIpc) is 3.37. The summed E-state index contributed by atoms with van der Waals surface area (Å²) in [6.07, 6.45) is 2.12. The van der Waals surface area contributed by atoms with E-state index >= 15 is 0 Å². The van der Waals surface area contributed by atoms with E-state index in [0.717, 1.165) is 41.8 Å². The maximum absolute atomic E-state index is 14.1. The molecule has 1 fully saturated rings. The zero-order valence-electron chi connectivity index (χ0n) is 22.2. The van der Waals surface area contributed by atoms with Gasteiger partial charge >= 0.3 is 5.38 Å². The summed E-state index contributed by atoms with van der Waals surface area (Å²) < 4.78 is 33.8. The Morgan fingerprint density at radius 1 is 1.14 bits per heavy atom. The SMILES string of the molecule is COc1cc2c(cc1N1CCCCC1=O)CN(C(=O)c1c(Sc3c(Cl)ccc(CN)c3Cl)cc(C(F)(F)Cl)[nH]c1=O)C2.